The van der Waals surface area contributed by atoms with E-state index in [9.17, 15) is 4.79 Å². The zero-order valence-electron chi connectivity index (χ0n) is 13.9. The van der Waals surface area contributed by atoms with Crippen molar-refractivity contribution < 1.29 is 9.53 Å². The first-order valence-electron chi connectivity index (χ1n) is 8.69. The number of pyridine rings is 1. The Hall–Kier alpha value is -1.46. The van der Waals surface area contributed by atoms with E-state index in [4.69, 9.17) is 4.74 Å². The highest BCUT2D eigenvalue weighted by Crippen LogP contribution is 2.39. The van der Waals surface area contributed by atoms with Crippen LogP contribution in [-0.2, 0) is 29.0 Å². The van der Waals surface area contributed by atoms with Crippen molar-refractivity contribution in [3.05, 3.63) is 28.6 Å². The molecule has 0 bridgehead atoms. The van der Waals surface area contributed by atoms with Crippen LogP contribution in [0.25, 0.3) is 0 Å². The molecule has 1 spiro atoms. The van der Waals surface area contributed by atoms with E-state index in [1.54, 1.807) is 0 Å². The summed E-state index contributed by atoms with van der Waals surface area (Å²) in [7, 11) is 0. The summed E-state index contributed by atoms with van der Waals surface area (Å²) in [4.78, 5) is 19.1. The van der Waals surface area contributed by atoms with Crippen molar-refractivity contribution in [1.82, 2.24) is 15.2 Å². The second kappa shape index (κ2) is 5.87. The van der Waals surface area contributed by atoms with Gasteiger partial charge in [-0.25, -0.2) is 0 Å². The smallest absolute Gasteiger partial charge is 0.222 e. The molecular formula is C18H25N3O2. The molecule has 2 saturated heterocycles. The molecule has 0 radical (unpaired) electrons. The van der Waals surface area contributed by atoms with E-state index in [1.807, 2.05) is 6.20 Å². The van der Waals surface area contributed by atoms with Crippen LogP contribution in [0.3, 0.4) is 0 Å². The van der Waals surface area contributed by atoms with Crippen LogP contribution < -0.4 is 5.32 Å². The standard InChI is InChI=1S/C18H25N3O2/c1-13-16(15-3-6-19-8-14(15)9-20-13)10-21-11-18(4-2-17(21)22)5-7-23-12-18/h9,19H,2-8,10-12H2,1H3/t18-/m0/s1. The van der Waals surface area contributed by atoms with Crippen molar-refractivity contribution >= 4 is 5.91 Å². The summed E-state index contributed by atoms with van der Waals surface area (Å²) in [6.45, 7) is 7.17. The largest absolute Gasteiger partial charge is 0.381 e. The maximum absolute atomic E-state index is 12.5. The van der Waals surface area contributed by atoms with Gasteiger partial charge in [-0.2, -0.15) is 0 Å². The SMILES string of the molecule is Cc1ncc2c(c1CN1C[C@@]3(CCOC3)CCC1=O)CCNC2. The van der Waals surface area contributed by atoms with Gasteiger partial charge in [0, 0.05) is 50.0 Å². The first kappa shape index (κ1) is 15.1. The number of ether oxygens (including phenoxy) is 1. The van der Waals surface area contributed by atoms with E-state index >= 15 is 0 Å². The van der Waals surface area contributed by atoms with Crippen molar-refractivity contribution in [3.8, 4) is 0 Å². The number of nitrogens with zero attached hydrogens (tertiary/aromatic N) is 2. The first-order chi connectivity index (χ1) is 11.2. The van der Waals surface area contributed by atoms with Gasteiger partial charge >= 0.3 is 0 Å². The summed E-state index contributed by atoms with van der Waals surface area (Å²) in [6, 6.07) is 0. The van der Waals surface area contributed by atoms with Crippen LogP contribution in [0.5, 0.6) is 0 Å². The Morgan fingerprint density at radius 1 is 1.39 bits per heavy atom. The topological polar surface area (TPSA) is 54.5 Å². The van der Waals surface area contributed by atoms with Gasteiger partial charge < -0.3 is 15.0 Å². The average Bonchev–Trinajstić information content (AvgIpc) is 3.02. The molecule has 1 aromatic rings. The molecule has 1 N–H and O–H groups in total. The van der Waals surface area contributed by atoms with Crippen molar-refractivity contribution in [2.45, 2.75) is 45.7 Å². The van der Waals surface area contributed by atoms with E-state index in [-0.39, 0.29) is 11.3 Å². The average molecular weight is 315 g/mol. The summed E-state index contributed by atoms with van der Waals surface area (Å²) >= 11 is 0. The summed E-state index contributed by atoms with van der Waals surface area (Å²) in [6.07, 6.45) is 5.75. The van der Waals surface area contributed by atoms with Crippen LogP contribution >= 0.6 is 0 Å². The van der Waals surface area contributed by atoms with Gasteiger partial charge in [0.2, 0.25) is 5.91 Å². The van der Waals surface area contributed by atoms with Gasteiger partial charge in [0.25, 0.3) is 0 Å². The van der Waals surface area contributed by atoms with E-state index < -0.39 is 0 Å². The molecule has 0 unspecified atom stereocenters. The van der Waals surface area contributed by atoms with Crippen molar-refractivity contribution in [3.63, 3.8) is 0 Å². The van der Waals surface area contributed by atoms with Gasteiger partial charge in [-0.1, -0.05) is 0 Å². The molecule has 2 fully saturated rings. The highest BCUT2D eigenvalue weighted by atomic mass is 16.5. The monoisotopic (exact) mass is 315 g/mol. The fourth-order valence-corrected chi connectivity index (χ4v) is 4.26. The molecule has 3 aliphatic rings. The normalized spacial score (nSPS) is 27.5. The van der Waals surface area contributed by atoms with Crippen LogP contribution in [0.4, 0.5) is 0 Å². The number of aromatic nitrogens is 1. The number of fused-ring (bicyclic) bond motifs is 1. The second-order valence-electron chi connectivity index (χ2n) is 7.31. The zero-order valence-corrected chi connectivity index (χ0v) is 13.9. The van der Waals surface area contributed by atoms with Crippen LogP contribution in [-0.4, -0.2) is 42.1 Å². The second-order valence-corrected chi connectivity index (χ2v) is 7.31. The fourth-order valence-electron chi connectivity index (χ4n) is 4.26. The lowest BCUT2D eigenvalue weighted by Crippen LogP contribution is -2.46. The molecule has 1 atom stereocenters. The Balaban J connectivity index is 1.60. The molecule has 3 aliphatic heterocycles. The van der Waals surface area contributed by atoms with Crippen LogP contribution in [0.15, 0.2) is 6.20 Å². The molecular weight excluding hydrogens is 290 g/mol. The number of aryl methyl sites for hydroxylation is 1. The Kier molecular flexibility index (Phi) is 3.85. The summed E-state index contributed by atoms with van der Waals surface area (Å²) in [5.41, 5.74) is 5.24. The van der Waals surface area contributed by atoms with Crippen molar-refractivity contribution in [1.29, 1.82) is 0 Å². The molecule has 0 saturated carbocycles. The van der Waals surface area contributed by atoms with Gasteiger partial charge in [0.05, 0.1) is 6.61 Å². The number of amides is 1. The quantitative estimate of drug-likeness (QED) is 0.900. The summed E-state index contributed by atoms with van der Waals surface area (Å²) in [5, 5.41) is 3.40. The van der Waals surface area contributed by atoms with Crippen LogP contribution in [0.2, 0.25) is 0 Å². The third kappa shape index (κ3) is 2.76. The Bertz CT molecular complexity index is 623. The fraction of sp³-hybridized carbons (Fsp3) is 0.667. The van der Waals surface area contributed by atoms with Gasteiger partial charge in [-0.05, 0) is 49.4 Å². The molecule has 1 aromatic heterocycles. The first-order valence-corrected chi connectivity index (χ1v) is 8.69. The summed E-state index contributed by atoms with van der Waals surface area (Å²) in [5.74, 6) is 0.286. The van der Waals surface area contributed by atoms with E-state index in [0.29, 0.717) is 13.0 Å². The minimum atomic E-state index is 0.200. The molecule has 124 valence electrons. The minimum Gasteiger partial charge on any atom is -0.381 e. The van der Waals surface area contributed by atoms with Gasteiger partial charge in [0.1, 0.15) is 0 Å². The highest BCUT2D eigenvalue weighted by Gasteiger charge is 2.41. The lowest BCUT2D eigenvalue weighted by molar-refractivity contribution is -0.138. The maximum Gasteiger partial charge on any atom is 0.222 e. The molecule has 23 heavy (non-hydrogen) atoms. The molecule has 5 heteroatoms. The van der Waals surface area contributed by atoms with Crippen molar-refractivity contribution in [2.75, 3.05) is 26.3 Å². The van der Waals surface area contributed by atoms with Gasteiger partial charge in [-0.15, -0.1) is 0 Å². The third-order valence-corrected chi connectivity index (χ3v) is 5.75. The molecule has 0 aromatic carbocycles. The lowest BCUT2D eigenvalue weighted by Gasteiger charge is -2.39. The predicted molar refractivity (Wildman–Crippen MR) is 86.9 cm³/mol. The minimum absolute atomic E-state index is 0.200. The van der Waals surface area contributed by atoms with Crippen LogP contribution in [0.1, 0.15) is 41.6 Å². The number of likely N-dealkylation sites (tertiary alicyclic amines) is 1. The number of hydrogen-bond acceptors (Lipinski definition) is 4. The van der Waals surface area contributed by atoms with E-state index in [0.717, 1.165) is 57.8 Å². The number of carbonyl (C=O) groups is 1. The van der Waals surface area contributed by atoms with E-state index in [1.165, 1.54) is 16.7 Å². The molecule has 4 rings (SSSR count). The zero-order chi connectivity index (χ0) is 15.9. The predicted octanol–water partition coefficient (Wildman–Crippen LogP) is 1.56. The molecule has 4 heterocycles. The molecule has 5 nitrogen and oxygen atoms in total. The molecule has 1 amide bonds. The number of piperidine rings is 1. The number of carbonyl (C=O) groups excluding carboxylic acids is 1. The van der Waals surface area contributed by atoms with Gasteiger partial charge in [-0.3, -0.25) is 9.78 Å². The Labute approximate surface area is 137 Å². The molecule has 0 aliphatic carbocycles. The number of hydrogen-bond donors (Lipinski definition) is 1. The Morgan fingerprint density at radius 2 is 2.30 bits per heavy atom. The van der Waals surface area contributed by atoms with Gasteiger partial charge in [0.15, 0.2) is 0 Å². The van der Waals surface area contributed by atoms with E-state index in [2.05, 4.69) is 22.1 Å². The highest BCUT2D eigenvalue weighted by molar-refractivity contribution is 5.77. The lowest BCUT2D eigenvalue weighted by atomic mass is 9.79. The third-order valence-electron chi connectivity index (χ3n) is 5.75. The Morgan fingerprint density at radius 3 is 3.13 bits per heavy atom. The maximum atomic E-state index is 12.5. The summed E-state index contributed by atoms with van der Waals surface area (Å²) < 4.78 is 5.63. The number of nitrogens with one attached hydrogen (secondary N) is 1. The number of rotatable bonds is 2. The van der Waals surface area contributed by atoms with Crippen molar-refractivity contribution in [2.24, 2.45) is 5.41 Å². The van der Waals surface area contributed by atoms with Crippen LogP contribution in [0, 0.1) is 12.3 Å².